The van der Waals surface area contributed by atoms with Crippen molar-refractivity contribution in [2.24, 2.45) is 10.2 Å². The van der Waals surface area contributed by atoms with Crippen LogP contribution < -0.4 is 0 Å². The van der Waals surface area contributed by atoms with Gasteiger partial charge in [-0.2, -0.15) is 0 Å². The lowest BCUT2D eigenvalue weighted by Gasteiger charge is -2.03. The number of pyridine rings is 1. The van der Waals surface area contributed by atoms with E-state index in [1.54, 1.807) is 6.07 Å². The highest BCUT2D eigenvalue weighted by Gasteiger charge is 2.15. The van der Waals surface area contributed by atoms with Crippen LogP contribution in [0.4, 0.5) is 17.1 Å². The van der Waals surface area contributed by atoms with Crippen LogP contribution in [0, 0.1) is 17.0 Å². The van der Waals surface area contributed by atoms with Crippen molar-refractivity contribution in [2.45, 2.75) is 6.92 Å². The summed E-state index contributed by atoms with van der Waals surface area (Å²) in [7, 11) is 0. The minimum absolute atomic E-state index is 0.0907. The molecule has 0 amide bonds. The third-order valence-electron chi connectivity index (χ3n) is 4.08. The summed E-state index contributed by atoms with van der Waals surface area (Å²) in [4.78, 5) is 17.7. The number of aryl methyl sites for hydroxylation is 1. The van der Waals surface area contributed by atoms with Gasteiger partial charge in [0.05, 0.1) is 21.6 Å². The van der Waals surface area contributed by atoms with Crippen molar-refractivity contribution in [1.29, 1.82) is 0 Å². The number of nitro benzene ring substituents is 1. The molecular weight excluding hydrogens is 414 g/mol. The van der Waals surface area contributed by atoms with Crippen LogP contribution in [-0.2, 0) is 0 Å². The average molecular weight is 426 g/mol. The molecule has 2 aromatic carbocycles. The Morgan fingerprint density at radius 1 is 1.15 bits per heavy atom. The van der Waals surface area contributed by atoms with E-state index >= 15 is 0 Å². The van der Waals surface area contributed by atoms with E-state index < -0.39 is 4.92 Å². The largest absolute Gasteiger partial charge is 0.493 e. The van der Waals surface area contributed by atoms with Crippen LogP contribution >= 0.6 is 15.9 Å². The number of halogens is 1. The smallest absolute Gasteiger partial charge is 0.270 e. The Bertz CT molecular complexity index is 1250. The van der Waals surface area contributed by atoms with Gasteiger partial charge in [0.2, 0.25) is 5.88 Å². The van der Waals surface area contributed by atoms with Crippen LogP contribution in [0.1, 0.15) is 5.69 Å². The Balaban J connectivity index is 1.87. The first-order valence-corrected chi connectivity index (χ1v) is 8.69. The fourth-order valence-corrected chi connectivity index (χ4v) is 3.22. The van der Waals surface area contributed by atoms with E-state index in [1.807, 2.05) is 25.1 Å². The summed E-state index contributed by atoms with van der Waals surface area (Å²) in [6, 6.07) is 11.7. The van der Waals surface area contributed by atoms with Crippen molar-refractivity contribution in [2.75, 3.05) is 0 Å². The van der Waals surface area contributed by atoms with Gasteiger partial charge in [-0.05, 0) is 37.3 Å². The Labute approximate surface area is 160 Å². The number of hydrogen-bond donors (Lipinski definition) is 2. The quantitative estimate of drug-likeness (QED) is 0.244. The highest BCUT2D eigenvalue weighted by atomic mass is 79.9. The second kappa shape index (κ2) is 6.44. The molecule has 4 rings (SSSR count). The lowest BCUT2D eigenvalue weighted by molar-refractivity contribution is -0.384. The van der Waals surface area contributed by atoms with Crippen LogP contribution in [0.3, 0.4) is 0 Å². The lowest BCUT2D eigenvalue weighted by atomic mass is 10.1. The maximum absolute atomic E-state index is 11.0. The summed E-state index contributed by atoms with van der Waals surface area (Å²) in [6.07, 6.45) is 0. The summed E-state index contributed by atoms with van der Waals surface area (Å²) in [5, 5.41) is 30.8. The van der Waals surface area contributed by atoms with E-state index in [0.29, 0.717) is 16.6 Å². The number of aromatic nitrogens is 2. The SMILES string of the molecule is Cc1cc(N=Nc2c(O)[nH]c3ccc([N+](=O)[O-])cc23)c2cc(Br)ccc2n1. The zero-order chi connectivity index (χ0) is 19.1. The molecule has 0 fully saturated rings. The molecule has 0 aliphatic rings. The molecule has 0 unspecified atom stereocenters. The number of nitrogens with zero attached hydrogens (tertiary/aromatic N) is 4. The van der Waals surface area contributed by atoms with Gasteiger partial charge in [0, 0.05) is 33.1 Å². The van der Waals surface area contributed by atoms with Crippen LogP contribution in [-0.4, -0.2) is 20.0 Å². The molecule has 27 heavy (non-hydrogen) atoms. The van der Waals surface area contributed by atoms with Gasteiger partial charge < -0.3 is 10.1 Å². The molecule has 0 atom stereocenters. The molecule has 0 aliphatic carbocycles. The number of aromatic amines is 1. The molecular formula is C18H12BrN5O3. The Kier molecular flexibility index (Phi) is 4.08. The zero-order valence-corrected chi connectivity index (χ0v) is 15.6. The molecule has 2 heterocycles. The Morgan fingerprint density at radius 2 is 1.96 bits per heavy atom. The zero-order valence-electron chi connectivity index (χ0n) is 14.0. The molecule has 2 aromatic heterocycles. The molecule has 0 radical (unpaired) electrons. The van der Waals surface area contributed by atoms with Crippen molar-refractivity contribution in [1.82, 2.24) is 9.97 Å². The fourth-order valence-electron chi connectivity index (χ4n) is 2.86. The van der Waals surface area contributed by atoms with Gasteiger partial charge in [0.1, 0.15) is 0 Å². The van der Waals surface area contributed by atoms with E-state index in [1.165, 1.54) is 18.2 Å². The van der Waals surface area contributed by atoms with Gasteiger partial charge >= 0.3 is 0 Å². The maximum Gasteiger partial charge on any atom is 0.270 e. The van der Waals surface area contributed by atoms with Gasteiger partial charge in [-0.1, -0.05) is 15.9 Å². The molecule has 0 bridgehead atoms. The molecule has 0 saturated carbocycles. The number of nitro groups is 1. The highest BCUT2D eigenvalue weighted by Crippen LogP contribution is 2.39. The van der Waals surface area contributed by atoms with Gasteiger partial charge in [-0.3, -0.25) is 15.1 Å². The minimum Gasteiger partial charge on any atom is -0.493 e. The summed E-state index contributed by atoms with van der Waals surface area (Å²) in [5.41, 5.74) is 2.71. The summed E-state index contributed by atoms with van der Waals surface area (Å²) >= 11 is 3.43. The number of hydrogen-bond acceptors (Lipinski definition) is 6. The molecule has 9 heteroatoms. The fraction of sp³-hybridized carbons (Fsp3) is 0.0556. The van der Waals surface area contributed by atoms with Crippen molar-refractivity contribution in [3.8, 4) is 5.88 Å². The Morgan fingerprint density at radius 3 is 2.74 bits per heavy atom. The number of fused-ring (bicyclic) bond motifs is 2. The number of non-ortho nitro benzene ring substituents is 1. The number of rotatable bonds is 3. The third kappa shape index (κ3) is 3.13. The molecule has 0 aliphatic heterocycles. The van der Waals surface area contributed by atoms with Gasteiger partial charge in [-0.15, -0.1) is 10.2 Å². The topological polar surface area (TPSA) is 117 Å². The van der Waals surface area contributed by atoms with Crippen molar-refractivity contribution < 1.29 is 10.0 Å². The number of benzene rings is 2. The lowest BCUT2D eigenvalue weighted by Crippen LogP contribution is -1.86. The van der Waals surface area contributed by atoms with Crippen molar-refractivity contribution in [3.63, 3.8) is 0 Å². The average Bonchev–Trinajstić information content (AvgIpc) is 2.94. The standard InChI is InChI=1S/C18H12BrN5O3/c1-9-6-16(12-7-10(19)2-4-14(12)20-9)22-23-17-13-8-11(24(26)27)3-5-15(13)21-18(17)25/h2-8,21,25H,1H3. The van der Waals surface area contributed by atoms with E-state index in [9.17, 15) is 15.2 Å². The first-order valence-electron chi connectivity index (χ1n) is 7.90. The molecule has 8 nitrogen and oxygen atoms in total. The van der Waals surface area contributed by atoms with Crippen LogP contribution in [0.15, 0.2) is 57.2 Å². The number of azo groups is 1. The normalized spacial score (nSPS) is 11.6. The third-order valence-corrected chi connectivity index (χ3v) is 4.57. The minimum atomic E-state index is -0.498. The summed E-state index contributed by atoms with van der Waals surface area (Å²) in [5.74, 6) is -0.203. The highest BCUT2D eigenvalue weighted by molar-refractivity contribution is 9.10. The Hall–Kier alpha value is -3.33. The predicted molar refractivity (Wildman–Crippen MR) is 105 cm³/mol. The van der Waals surface area contributed by atoms with Crippen LogP contribution in [0.25, 0.3) is 21.8 Å². The molecule has 0 saturated heterocycles. The van der Waals surface area contributed by atoms with Crippen molar-refractivity contribution >= 4 is 54.8 Å². The summed E-state index contributed by atoms with van der Waals surface area (Å²) in [6.45, 7) is 1.85. The van der Waals surface area contributed by atoms with E-state index in [-0.39, 0.29) is 17.3 Å². The number of H-pyrrole nitrogens is 1. The maximum atomic E-state index is 11.0. The number of nitrogens with one attached hydrogen (secondary N) is 1. The van der Waals surface area contributed by atoms with Crippen LogP contribution in [0.5, 0.6) is 5.88 Å². The monoisotopic (exact) mass is 425 g/mol. The van der Waals surface area contributed by atoms with E-state index in [4.69, 9.17) is 0 Å². The second-order valence-electron chi connectivity index (χ2n) is 5.95. The van der Waals surface area contributed by atoms with Gasteiger partial charge in [0.25, 0.3) is 5.69 Å². The van der Waals surface area contributed by atoms with Gasteiger partial charge in [0.15, 0.2) is 5.69 Å². The first-order chi connectivity index (χ1) is 12.9. The molecule has 134 valence electrons. The van der Waals surface area contributed by atoms with E-state index in [2.05, 4.69) is 36.1 Å². The van der Waals surface area contributed by atoms with Crippen molar-refractivity contribution in [3.05, 3.63) is 62.7 Å². The molecule has 4 aromatic rings. The molecule has 2 N–H and O–H groups in total. The van der Waals surface area contributed by atoms with Crippen LogP contribution in [0.2, 0.25) is 0 Å². The van der Waals surface area contributed by atoms with Gasteiger partial charge in [-0.25, -0.2) is 0 Å². The van der Waals surface area contributed by atoms with E-state index in [0.717, 1.165) is 21.1 Å². The first kappa shape index (κ1) is 17.1. The molecule has 0 spiro atoms. The predicted octanol–water partition coefficient (Wildman–Crippen LogP) is 5.82. The number of aromatic hydroxyl groups is 1. The second-order valence-corrected chi connectivity index (χ2v) is 6.87. The summed E-state index contributed by atoms with van der Waals surface area (Å²) < 4.78 is 0.877.